The predicted molar refractivity (Wildman–Crippen MR) is 89.1 cm³/mol. The van der Waals surface area contributed by atoms with Crippen molar-refractivity contribution in [2.45, 2.75) is 13.1 Å². The fraction of sp³-hybridized carbons (Fsp3) is 0.235. The number of benzene rings is 2. The molecule has 0 aliphatic rings. The second-order valence-corrected chi connectivity index (χ2v) is 5.99. The van der Waals surface area contributed by atoms with E-state index < -0.39 is 0 Å². The minimum Gasteiger partial charge on any atom is -0.355 e. The number of hydrogen-bond donors (Lipinski definition) is 1. The molecule has 2 aromatic rings. The maximum atomic E-state index is 11.5. The zero-order chi connectivity index (χ0) is 15.2. The van der Waals surface area contributed by atoms with E-state index in [0.29, 0.717) is 5.56 Å². The van der Waals surface area contributed by atoms with E-state index in [1.54, 1.807) is 7.05 Å². The summed E-state index contributed by atoms with van der Waals surface area (Å²) >= 11 is 3.44. The quantitative estimate of drug-likeness (QED) is 0.899. The van der Waals surface area contributed by atoms with Crippen LogP contribution in [-0.4, -0.2) is 24.9 Å². The maximum Gasteiger partial charge on any atom is 0.251 e. The molecular formula is C17H19BrN2O. The lowest BCUT2D eigenvalue weighted by molar-refractivity contribution is 0.0963. The first kappa shape index (κ1) is 15.7. The van der Waals surface area contributed by atoms with Crippen molar-refractivity contribution in [3.63, 3.8) is 0 Å². The molecule has 4 heteroatoms. The van der Waals surface area contributed by atoms with E-state index >= 15 is 0 Å². The van der Waals surface area contributed by atoms with Crippen LogP contribution in [-0.2, 0) is 13.1 Å². The van der Waals surface area contributed by atoms with E-state index in [1.807, 2.05) is 24.3 Å². The third-order valence-electron chi connectivity index (χ3n) is 3.26. The molecule has 0 saturated heterocycles. The lowest BCUT2D eigenvalue weighted by Gasteiger charge is -2.17. The molecule has 0 saturated carbocycles. The number of hydrogen-bond acceptors (Lipinski definition) is 2. The molecule has 2 rings (SSSR count). The van der Waals surface area contributed by atoms with Crippen LogP contribution >= 0.6 is 15.9 Å². The molecule has 0 aliphatic carbocycles. The van der Waals surface area contributed by atoms with Crippen LogP contribution in [0.4, 0.5) is 0 Å². The third-order valence-corrected chi connectivity index (χ3v) is 3.79. The Bertz CT molecular complexity index is 593. The SMILES string of the molecule is CNC(=O)c1ccc(CN(C)Cc2ccc(Br)cc2)cc1. The summed E-state index contributed by atoms with van der Waals surface area (Å²) in [6.07, 6.45) is 0. The molecule has 1 amide bonds. The van der Waals surface area contributed by atoms with Crippen LogP contribution in [0.25, 0.3) is 0 Å². The van der Waals surface area contributed by atoms with Crippen molar-refractivity contribution in [1.82, 2.24) is 10.2 Å². The van der Waals surface area contributed by atoms with Crippen molar-refractivity contribution in [3.05, 3.63) is 69.7 Å². The van der Waals surface area contributed by atoms with Crippen LogP contribution in [0.15, 0.2) is 53.0 Å². The highest BCUT2D eigenvalue weighted by Gasteiger charge is 2.05. The average molecular weight is 347 g/mol. The molecule has 0 atom stereocenters. The molecule has 1 N–H and O–H groups in total. The monoisotopic (exact) mass is 346 g/mol. The summed E-state index contributed by atoms with van der Waals surface area (Å²) in [6.45, 7) is 1.74. The first-order valence-corrected chi connectivity index (χ1v) is 7.62. The number of amides is 1. The van der Waals surface area contributed by atoms with Crippen molar-refractivity contribution in [1.29, 1.82) is 0 Å². The van der Waals surface area contributed by atoms with Gasteiger partial charge in [0, 0.05) is 30.2 Å². The van der Waals surface area contributed by atoms with Gasteiger partial charge in [-0.2, -0.15) is 0 Å². The van der Waals surface area contributed by atoms with Crippen LogP contribution in [0.2, 0.25) is 0 Å². The molecule has 21 heavy (non-hydrogen) atoms. The number of rotatable bonds is 5. The largest absolute Gasteiger partial charge is 0.355 e. The van der Waals surface area contributed by atoms with E-state index in [2.05, 4.69) is 57.5 Å². The minimum atomic E-state index is -0.0511. The van der Waals surface area contributed by atoms with Crippen molar-refractivity contribution < 1.29 is 4.79 Å². The molecule has 0 unspecified atom stereocenters. The summed E-state index contributed by atoms with van der Waals surface area (Å²) in [5.74, 6) is -0.0511. The smallest absolute Gasteiger partial charge is 0.251 e. The number of nitrogens with one attached hydrogen (secondary N) is 1. The molecule has 0 aromatic heterocycles. The summed E-state index contributed by atoms with van der Waals surface area (Å²) in [5.41, 5.74) is 3.17. The Hall–Kier alpha value is -1.65. The number of nitrogens with zero attached hydrogens (tertiary/aromatic N) is 1. The van der Waals surface area contributed by atoms with Crippen LogP contribution in [0.1, 0.15) is 21.5 Å². The first-order valence-electron chi connectivity index (χ1n) is 6.82. The fourth-order valence-electron chi connectivity index (χ4n) is 2.17. The lowest BCUT2D eigenvalue weighted by Crippen LogP contribution is -2.19. The van der Waals surface area contributed by atoms with Gasteiger partial charge in [0.2, 0.25) is 0 Å². The van der Waals surface area contributed by atoms with Gasteiger partial charge in [0.25, 0.3) is 5.91 Å². The van der Waals surface area contributed by atoms with Gasteiger partial charge in [0.15, 0.2) is 0 Å². The number of carbonyl (C=O) groups is 1. The summed E-state index contributed by atoms with van der Waals surface area (Å²) in [5, 5.41) is 2.63. The Labute approximate surface area is 134 Å². The van der Waals surface area contributed by atoms with Gasteiger partial charge in [-0.15, -0.1) is 0 Å². The van der Waals surface area contributed by atoms with Gasteiger partial charge in [0.05, 0.1) is 0 Å². The van der Waals surface area contributed by atoms with Gasteiger partial charge in [0.1, 0.15) is 0 Å². The molecule has 0 fully saturated rings. The van der Waals surface area contributed by atoms with E-state index in [4.69, 9.17) is 0 Å². The van der Waals surface area contributed by atoms with E-state index in [1.165, 1.54) is 11.1 Å². The van der Waals surface area contributed by atoms with Gasteiger partial charge in [-0.3, -0.25) is 9.69 Å². The highest BCUT2D eigenvalue weighted by molar-refractivity contribution is 9.10. The minimum absolute atomic E-state index is 0.0511. The molecule has 3 nitrogen and oxygen atoms in total. The fourth-order valence-corrected chi connectivity index (χ4v) is 2.44. The van der Waals surface area contributed by atoms with Crippen molar-refractivity contribution >= 4 is 21.8 Å². The first-order chi connectivity index (χ1) is 10.1. The second-order valence-electron chi connectivity index (χ2n) is 5.07. The molecule has 0 spiro atoms. The maximum absolute atomic E-state index is 11.5. The zero-order valence-corrected chi connectivity index (χ0v) is 13.9. The molecule has 0 heterocycles. The van der Waals surface area contributed by atoms with Gasteiger partial charge in [-0.1, -0.05) is 40.2 Å². The zero-order valence-electron chi connectivity index (χ0n) is 12.3. The van der Waals surface area contributed by atoms with Gasteiger partial charge >= 0.3 is 0 Å². The van der Waals surface area contributed by atoms with Crippen molar-refractivity contribution in [3.8, 4) is 0 Å². The van der Waals surface area contributed by atoms with Gasteiger partial charge < -0.3 is 5.32 Å². The van der Waals surface area contributed by atoms with Crippen LogP contribution in [0.3, 0.4) is 0 Å². The Balaban J connectivity index is 1.94. The molecule has 0 radical (unpaired) electrons. The van der Waals surface area contributed by atoms with E-state index in [9.17, 15) is 4.79 Å². The Morgan fingerprint density at radius 3 is 1.95 bits per heavy atom. The van der Waals surface area contributed by atoms with Crippen LogP contribution in [0.5, 0.6) is 0 Å². The van der Waals surface area contributed by atoms with Gasteiger partial charge in [-0.25, -0.2) is 0 Å². The Morgan fingerprint density at radius 1 is 1.00 bits per heavy atom. The summed E-state index contributed by atoms with van der Waals surface area (Å²) in [4.78, 5) is 13.7. The average Bonchev–Trinajstić information content (AvgIpc) is 2.49. The lowest BCUT2D eigenvalue weighted by atomic mass is 10.1. The van der Waals surface area contributed by atoms with Crippen LogP contribution < -0.4 is 5.32 Å². The predicted octanol–water partition coefficient (Wildman–Crippen LogP) is 3.44. The normalized spacial score (nSPS) is 10.7. The standard InChI is InChI=1S/C17H19BrN2O/c1-19-17(21)15-7-3-13(4-8-15)11-20(2)12-14-5-9-16(18)10-6-14/h3-10H,11-12H2,1-2H3,(H,19,21). The molecule has 0 bridgehead atoms. The molecule has 0 aliphatic heterocycles. The van der Waals surface area contributed by atoms with Crippen molar-refractivity contribution in [2.24, 2.45) is 0 Å². The number of carbonyl (C=O) groups excluding carboxylic acids is 1. The van der Waals surface area contributed by atoms with Gasteiger partial charge in [-0.05, 0) is 42.4 Å². The van der Waals surface area contributed by atoms with Crippen molar-refractivity contribution in [2.75, 3.05) is 14.1 Å². The molecular weight excluding hydrogens is 328 g/mol. The summed E-state index contributed by atoms with van der Waals surface area (Å²) < 4.78 is 1.10. The topological polar surface area (TPSA) is 32.3 Å². The third kappa shape index (κ3) is 4.69. The van der Waals surface area contributed by atoms with Crippen LogP contribution in [0, 0.1) is 0 Å². The second kappa shape index (κ2) is 7.38. The molecule has 110 valence electrons. The Kier molecular flexibility index (Phi) is 5.53. The van der Waals surface area contributed by atoms with E-state index in [0.717, 1.165) is 17.6 Å². The molecule has 2 aromatic carbocycles. The summed E-state index contributed by atoms with van der Waals surface area (Å²) in [6, 6.07) is 16.1. The highest BCUT2D eigenvalue weighted by atomic mass is 79.9. The number of halogens is 1. The highest BCUT2D eigenvalue weighted by Crippen LogP contribution is 2.13. The Morgan fingerprint density at radius 2 is 1.48 bits per heavy atom. The summed E-state index contributed by atoms with van der Waals surface area (Å²) in [7, 11) is 3.73. The van der Waals surface area contributed by atoms with E-state index in [-0.39, 0.29) is 5.91 Å².